The Hall–Kier alpha value is 0.447. The second kappa shape index (κ2) is 7.01. The van der Waals surface area contributed by atoms with Crippen molar-refractivity contribution in [2.24, 2.45) is 5.41 Å². The predicted octanol–water partition coefficient (Wildman–Crippen LogP) is 3.66. The lowest BCUT2D eigenvalue weighted by molar-refractivity contribution is -0.197. The van der Waals surface area contributed by atoms with E-state index in [1.165, 1.54) is 0 Å². The Morgan fingerprint density at radius 1 is 1.25 bits per heavy atom. The molecule has 0 heterocycles. The van der Waals surface area contributed by atoms with Crippen LogP contribution in [-0.4, -0.2) is 27.4 Å². The maximum atomic E-state index is 12.5. The van der Waals surface area contributed by atoms with Crippen LogP contribution >= 0.6 is 15.9 Å². The quantitative estimate of drug-likeness (QED) is 0.536. The first-order valence-corrected chi connectivity index (χ1v) is 8.11. The number of halogens is 4. The molecule has 0 aliphatic rings. The zero-order valence-corrected chi connectivity index (χ0v) is 13.0. The Morgan fingerprint density at radius 2 is 1.81 bits per heavy atom. The largest absolute Gasteiger partial charge is 0.413 e. The number of alkyl halides is 4. The molecule has 16 heavy (non-hydrogen) atoms. The summed E-state index contributed by atoms with van der Waals surface area (Å²) >= 11 is 3.13. The lowest BCUT2D eigenvalue weighted by Gasteiger charge is -2.23. The third kappa shape index (κ3) is 8.58. The Kier molecular flexibility index (Phi) is 7.20. The Morgan fingerprint density at radius 3 is 2.19 bits per heavy atom. The molecule has 0 spiro atoms. The first-order chi connectivity index (χ1) is 7.17. The van der Waals surface area contributed by atoms with E-state index >= 15 is 0 Å². The molecule has 0 aliphatic carbocycles. The monoisotopic (exact) mass is 320 g/mol. The van der Waals surface area contributed by atoms with E-state index in [1.54, 1.807) is 0 Å². The summed E-state index contributed by atoms with van der Waals surface area (Å²) in [6.45, 7) is 6.05. The van der Waals surface area contributed by atoms with Crippen molar-refractivity contribution >= 4 is 25.7 Å². The van der Waals surface area contributed by atoms with Gasteiger partial charge in [0, 0.05) is 5.33 Å². The molecule has 0 saturated carbocycles. The van der Waals surface area contributed by atoms with Crippen molar-refractivity contribution in [2.75, 3.05) is 5.33 Å². The first-order valence-electron chi connectivity index (χ1n) is 5.41. The fraction of sp³-hybridized carbons (Fsp3) is 1.00. The van der Waals surface area contributed by atoms with Crippen LogP contribution < -0.4 is 0 Å². The van der Waals surface area contributed by atoms with Gasteiger partial charge in [-0.25, -0.2) is 0 Å². The average Bonchev–Trinajstić information content (AvgIpc) is 2.06. The van der Waals surface area contributed by atoms with Gasteiger partial charge in [0.2, 0.25) is 0 Å². The molecule has 0 N–H and O–H groups in total. The number of hydrogen-bond donors (Lipinski definition) is 0. The van der Waals surface area contributed by atoms with Crippen molar-refractivity contribution in [1.29, 1.82) is 0 Å². The van der Waals surface area contributed by atoms with E-state index < -0.39 is 22.0 Å². The SMILES string of the molecule is CC(C)(C)C[SiH2]OC(CCCBr)C(F)(F)F. The fourth-order valence-corrected chi connectivity index (χ4v) is 2.81. The summed E-state index contributed by atoms with van der Waals surface area (Å²) in [4.78, 5) is 0. The molecule has 0 aromatic carbocycles. The molecule has 0 rings (SSSR count). The summed E-state index contributed by atoms with van der Waals surface area (Å²) in [6.07, 6.45) is -5.22. The minimum atomic E-state index is -4.22. The molecule has 0 aromatic heterocycles. The summed E-state index contributed by atoms with van der Waals surface area (Å²) in [7, 11) is -1.08. The van der Waals surface area contributed by atoms with Crippen molar-refractivity contribution < 1.29 is 17.6 Å². The molecule has 0 amide bonds. The van der Waals surface area contributed by atoms with E-state index in [2.05, 4.69) is 15.9 Å². The first kappa shape index (κ1) is 16.4. The zero-order chi connectivity index (χ0) is 12.8. The summed E-state index contributed by atoms with van der Waals surface area (Å²) in [5.41, 5.74) is 0.0673. The lowest BCUT2D eigenvalue weighted by atomic mass is 10.0. The molecular weight excluding hydrogens is 301 g/mol. The molecule has 0 aromatic rings. The topological polar surface area (TPSA) is 9.23 Å². The molecule has 0 radical (unpaired) electrons. The van der Waals surface area contributed by atoms with Crippen LogP contribution in [0, 0.1) is 5.41 Å². The fourth-order valence-electron chi connectivity index (χ4n) is 1.11. The maximum Gasteiger partial charge on any atom is 0.413 e. The highest BCUT2D eigenvalue weighted by atomic mass is 79.9. The van der Waals surface area contributed by atoms with Crippen LogP contribution in [0.5, 0.6) is 0 Å². The van der Waals surface area contributed by atoms with Gasteiger partial charge >= 0.3 is 6.18 Å². The molecule has 0 saturated heterocycles. The summed E-state index contributed by atoms with van der Waals surface area (Å²) in [6, 6.07) is 0.772. The molecule has 0 fully saturated rings. The maximum absolute atomic E-state index is 12.5. The Labute approximate surface area is 106 Å². The standard InChI is InChI=1S/C10H20BrF3OSi/c1-9(2,3)7-16-15-8(5-4-6-11)10(12,13)14/h8H,4-7,16H2,1-3H3. The Bertz CT molecular complexity index is 191. The van der Waals surface area contributed by atoms with Crippen LogP contribution in [0.4, 0.5) is 13.2 Å². The van der Waals surface area contributed by atoms with Crippen molar-refractivity contribution in [2.45, 2.75) is 51.9 Å². The molecule has 98 valence electrons. The molecular formula is C10H20BrF3OSi. The third-order valence-corrected chi connectivity index (χ3v) is 5.04. The summed E-state index contributed by atoms with van der Waals surface area (Å²) in [5.74, 6) is 0. The van der Waals surface area contributed by atoms with Crippen LogP contribution in [0.3, 0.4) is 0 Å². The summed E-state index contributed by atoms with van der Waals surface area (Å²) in [5, 5.41) is 0.587. The van der Waals surface area contributed by atoms with Gasteiger partial charge in [-0.3, -0.25) is 0 Å². The minimum absolute atomic E-state index is 0.0614. The van der Waals surface area contributed by atoms with Gasteiger partial charge in [-0.05, 0) is 24.3 Å². The minimum Gasteiger partial charge on any atom is -0.412 e. The molecule has 0 aliphatic heterocycles. The highest BCUT2D eigenvalue weighted by Gasteiger charge is 2.39. The van der Waals surface area contributed by atoms with E-state index in [0.29, 0.717) is 11.8 Å². The normalized spacial score (nSPS) is 15.9. The molecule has 0 bridgehead atoms. The van der Waals surface area contributed by atoms with E-state index in [-0.39, 0.29) is 11.8 Å². The van der Waals surface area contributed by atoms with Crippen molar-refractivity contribution in [3.8, 4) is 0 Å². The predicted molar refractivity (Wildman–Crippen MR) is 66.8 cm³/mol. The number of rotatable bonds is 6. The highest BCUT2D eigenvalue weighted by Crippen LogP contribution is 2.27. The second-order valence-electron chi connectivity index (χ2n) is 5.04. The highest BCUT2D eigenvalue weighted by molar-refractivity contribution is 9.09. The van der Waals surface area contributed by atoms with E-state index in [0.717, 1.165) is 6.04 Å². The van der Waals surface area contributed by atoms with Crippen molar-refractivity contribution in [1.82, 2.24) is 0 Å². The molecule has 1 unspecified atom stereocenters. The van der Waals surface area contributed by atoms with Crippen LogP contribution in [-0.2, 0) is 4.43 Å². The zero-order valence-electron chi connectivity index (χ0n) is 10.0. The average molecular weight is 321 g/mol. The van der Waals surface area contributed by atoms with Gasteiger partial charge in [-0.2, -0.15) is 13.2 Å². The number of hydrogen-bond acceptors (Lipinski definition) is 1. The van der Waals surface area contributed by atoms with Crippen LogP contribution in [0.25, 0.3) is 0 Å². The molecule has 1 nitrogen and oxygen atoms in total. The third-order valence-electron chi connectivity index (χ3n) is 2.14. The van der Waals surface area contributed by atoms with Gasteiger partial charge < -0.3 is 4.43 Å². The molecule has 1 atom stereocenters. The lowest BCUT2D eigenvalue weighted by Crippen LogP contribution is -2.33. The van der Waals surface area contributed by atoms with Crippen molar-refractivity contribution in [3.05, 3.63) is 0 Å². The van der Waals surface area contributed by atoms with Crippen molar-refractivity contribution in [3.63, 3.8) is 0 Å². The van der Waals surface area contributed by atoms with Gasteiger partial charge in [0.05, 0.1) is 0 Å². The van der Waals surface area contributed by atoms with Gasteiger partial charge in [0.25, 0.3) is 0 Å². The van der Waals surface area contributed by atoms with Gasteiger partial charge in [0.15, 0.2) is 9.76 Å². The summed E-state index contributed by atoms with van der Waals surface area (Å²) < 4.78 is 42.7. The van der Waals surface area contributed by atoms with E-state index in [4.69, 9.17) is 4.43 Å². The van der Waals surface area contributed by atoms with E-state index in [9.17, 15) is 13.2 Å². The van der Waals surface area contributed by atoms with Gasteiger partial charge in [-0.1, -0.05) is 36.7 Å². The van der Waals surface area contributed by atoms with Gasteiger partial charge in [-0.15, -0.1) is 0 Å². The van der Waals surface area contributed by atoms with E-state index in [1.807, 2.05) is 20.8 Å². The second-order valence-corrected chi connectivity index (χ2v) is 7.08. The van der Waals surface area contributed by atoms with Gasteiger partial charge in [0.1, 0.15) is 6.10 Å². The smallest absolute Gasteiger partial charge is 0.412 e. The molecule has 6 heteroatoms. The van der Waals surface area contributed by atoms with Crippen LogP contribution in [0.1, 0.15) is 33.6 Å². The Balaban J connectivity index is 4.03. The van der Waals surface area contributed by atoms with Crippen LogP contribution in [0.2, 0.25) is 6.04 Å². The van der Waals surface area contributed by atoms with Crippen LogP contribution in [0.15, 0.2) is 0 Å².